The molecule has 1 aromatic rings. The summed E-state index contributed by atoms with van der Waals surface area (Å²) in [7, 11) is 5.75. The van der Waals surface area contributed by atoms with E-state index in [0.717, 1.165) is 13.0 Å². The number of amides is 1. The topological polar surface area (TPSA) is 70.2 Å². The molecule has 0 bridgehead atoms. The third kappa shape index (κ3) is 4.78. The van der Waals surface area contributed by atoms with Gasteiger partial charge in [0.1, 0.15) is 11.5 Å². The maximum Gasteiger partial charge on any atom is 0.271 e. The van der Waals surface area contributed by atoms with E-state index in [1.807, 2.05) is 14.1 Å². The lowest BCUT2D eigenvalue weighted by Crippen LogP contribution is -2.28. The molecule has 1 rings (SSSR count). The number of nitrogens with one attached hydrogen (secondary N) is 2. The molecule has 0 radical (unpaired) electrons. The number of carbonyl (C=O) groups is 1. The number of aromatic nitrogens is 2. The summed E-state index contributed by atoms with van der Waals surface area (Å²) in [5, 5.41) is 5.65. The zero-order valence-electron chi connectivity index (χ0n) is 10.5. The van der Waals surface area contributed by atoms with Gasteiger partial charge in [-0.05, 0) is 27.1 Å². The first kappa shape index (κ1) is 13.4. The van der Waals surface area contributed by atoms with E-state index in [0.29, 0.717) is 18.1 Å². The SMILES string of the molecule is CNc1cncc(C(=O)NCCCN(C)C)n1. The number of hydrogen-bond donors (Lipinski definition) is 2. The van der Waals surface area contributed by atoms with Gasteiger partial charge in [0.15, 0.2) is 0 Å². The van der Waals surface area contributed by atoms with Gasteiger partial charge in [0.2, 0.25) is 0 Å². The van der Waals surface area contributed by atoms with E-state index in [9.17, 15) is 4.79 Å². The van der Waals surface area contributed by atoms with Crippen LogP contribution in [0.5, 0.6) is 0 Å². The maximum atomic E-state index is 11.7. The largest absolute Gasteiger partial charge is 0.372 e. The Morgan fingerprint density at radius 1 is 1.41 bits per heavy atom. The second kappa shape index (κ2) is 6.80. The second-order valence-corrected chi connectivity index (χ2v) is 3.95. The smallest absolute Gasteiger partial charge is 0.271 e. The average Bonchev–Trinajstić information content (AvgIpc) is 2.34. The van der Waals surface area contributed by atoms with Crippen LogP contribution in [0.3, 0.4) is 0 Å². The van der Waals surface area contributed by atoms with Crippen molar-refractivity contribution in [3.63, 3.8) is 0 Å². The Kier molecular flexibility index (Phi) is 5.35. The van der Waals surface area contributed by atoms with E-state index in [1.54, 1.807) is 13.2 Å². The van der Waals surface area contributed by atoms with Crippen LogP contribution in [0.2, 0.25) is 0 Å². The molecule has 0 saturated heterocycles. The van der Waals surface area contributed by atoms with Crippen LogP contribution < -0.4 is 10.6 Å². The molecule has 0 aliphatic heterocycles. The van der Waals surface area contributed by atoms with E-state index < -0.39 is 0 Å². The van der Waals surface area contributed by atoms with Crippen LogP contribution in [0.1, 0.15) is 16.9 Å². The van der Waals surface area contributed by atoms with E-state index in [2.05, 4.69) is 25.5 Å². The lowest BCUT2D eigenvalue weighted by Gasteiger charge is -2.09. The quantitative estimate of drug-likeness (QED) is 0.692. The van der Waals surface area contributed by atoms with Gasteiger partial charge in [-0.15, -0.1) is 0 Å². The zero-order chi connectivity index (χ0) is 12.7. The van der Waals surface area contributed by atoms with Crippen LogP contribution in [0.15, 0.2) is 12.4 Å². The molecule has 94 valence electrons. The van der Waals surface area contributed by atoms with Gasteiger partial charge >= 0.3 is 0 Å². The summed E-state index contributed by atoms with van der Waals surface area (Å²) in [6.07, 6.45) is 3.95. The molecule has 0 saturated carbocycles. The van der Waals surface area contributed by atoms with Crippen LogP contribution in [-0.4, -0.2) is 55.0 Å². The molecule has 1 aromatic heterocycles. The van der Waals surface area contributed by atoms with Gasteiger partial charge in [-0.25, -0.2) is 4.98 Å². The third-order valence-electron chi connectivity index (χ3n) is 2.19. The fraction of sp³-hybridized carbons (Fsp3) is 0.545. The van der Waals surface area contributed by atoms with Gasteiger partial charge in [0, 0.05) is 13.6 Å². The van der Waals surface area contributed by atoms with Crippen molar-refractivity contribution < 1.29 is 4.79 Å². The number of carbonyl (C=O) groups excluding carboxylic acids is 1. The molecule has 0 aromatic carbocycles. The Balaban J connectivity index is 2.41. The van der Waals surface area contributed by atoms with Crippen molar-refractivity contribution >= 4 is 11.7 Å². The number of hydrogen-bond acceptors (Lipinski definition) is 5. The third-order valence-corrected chi connectivity index (χ3v) is 2.19. The van der Waals surface area contributed by atoms with Gasteiger partial charge in [0.25, 0.3) is 5.91 Å². The van der Waals surface area contributed by atoms with Gasteiger partial charge < -0.3 is 15.5 Å². The second-order valence-electron chi connectivity index (χ2n) is 3.95. The summed E-state index contributed by atoms with van der Waals surface area (Å²) in [6.45, 7) is 1.59. The average molecular weight is 237 g/mol. The molecule has 0 fully saturated rings. The molecule has 1 heterocycles. The fourth-order valence-electron chi connectivity index (χ4n) is 1.28. The van der Waals surface area contributed by atoms with Crippen molar-refractivity contribution in [2.75, 3.05) is 39.5 Å². The Morgan fingerprint density at radius 3 is 2.82 bits per heavy atom. The number of anilines is 1. The standard InChI is InChI=1S/C11H19N5O/c1-12-10-8-13-7-9(15-10)11(17)14-5-4-6-16(2)3/h7-8H,4-6H2,1-3H3,(H,12,15)(H,14,17). The first-order chi connectivity index (χ1) is 8.13. The van der Waals surface area contributed by atoms with Crippen LogP contribution in [0.25, 0.3) is 0 Å². The first-order valence-electron chi connectivity index (χ1n) is 5.56. The summed E-state index contributed by atoms with van der Waals surface area (Å²) in [5.41, 5.74) is 0.335. The molecule has 0 unspecified atom stereocenters. The van der Waals surface area contributed by atoms with E-state index in [-0.39, 0.29) is 5.91 Å². The number of rotatable bonds is 6. The summed E-state index contributed by atoms with van der Waals surface area (Å²) in [5.74, 6) is 0.402. The van der Waals surface area contributed by atoms with Crippen molar-refractivity contribution in [2.24, 2.45) is 0 Å². The molecule has 6 heteroatoms. The highest BCUT2D eigenvalue weighted by molar-refractivity contribution is 5.92. The Bertz CT molecular complexity index is 367. The highest BCUT2D eigenvalue weighted by atomic mass is 16.1. The van der Waals surface area contributed by atoms with Crippen molar-refractivity contribution in [2.45, 2.75) is 6.42 Å². The molecule has 0 aliphatic carbocycles. The Hall–Kier alpha value is -1.69. The van der Waals surface area contributed by atoms with Crippen molar-refractivity contribution in [1.29, 1.82) is 0 Å². The molecule has 17 heavy (non-hydrogen) atoms. The van der Waals surface area contributed by atoms with Crippen LogP contribution in [-0.2, 0) is 0 Å². The first-order valence-corrected chi connectivity index (χ1v) is 5.56. The molecular formula is C11H19N5O. The van der Waals surface area contributed by atoms with E-state index in [4.69, 9.17) is 0 Å². The van der Waals surface area contributed by atoms with Crippen LogP contribution in [0, 0.1) is 0 Å². The number of nitrogens with zero attached hydrogens (tertiary/aromatic N) is 3. The maximum absolute atomic E-state index is 11.7. The Labute approximate surface area is 101 Å². The predicted molar refractivity (Wildman–Crippen MR) is 67.1 cm³/mol. The van der Waals surface area contributed by atoms with Gasteiger partial charge in [-0.2, -0.15) is 0 Å². The normalized spacial score (nSPS) is 10.4. The molecule has 1 amide bonds. The molecular weight excluding hydrogens is 218 g/mol. The van der Waals surface area contributed by atoms with Gasteiger partial charge in [-0.3, -0.25) is 9.78 Å². The van der Waals surface area contributed by atoms with Crippen molar-refractivity contribution in [1.82, 2.24) is 20.2 Å². The lowest BCUT2D eigenvalue weighted by atomic mass is 10.3. The van der Waals surface area contributed by atoms with Crippen LogP contribution >= 0.6 is 0 Å². The molecule has 0 atom stereocenters. The van der Waals surface area contributed by atoms with Gasteiger partial charge in [-0.1, -0.05) is 0 Å². The van der Waals surface area contributed by atoms with Crippen LogP contribution in [0.4, 0.5) is 5.82 Å². The van der Waals surface area contributed by atoms with Crippen molar-refractivity contribution in [3.8, 4) is 0 Å². The summed E-state index contributed by atoms with van der Waals surface area (Å²) in [4.78, 5) is 21.8. The fourth-order valence-corrected chi connectivity index (χ4v) is 1.28. The summed E-state index contributed by atoms with van der Waals surface area (Å²) >= 11 is 0. The highest BCUT2D eigenvalue weighted by Crippen LogP contribution is 2.00. The minimum absolute atomic E-state index is 0.187. The zero-order valence-corrected chi connectivity index (χ0v) is 10.5. The minimum Gasteiger partial charge on any atom is -0.372 e. The van der Waals surface area contributed by atoms with E-state index >= 15 is 0 Å². The predicted octanol–water partition coefficient (Wildman–Crippen LogP) is 0.200. The Morgan fingerprint density at radius 2 is 2.18 bits per heavy atom. The molecule has 0 spiro atoms. The van der Waals surface area contributed by atoms with E-state index in [1.165, 1.54) is 6.20 Å². The highest BCUT2D eigenvalue weighted by Gasteiger charge is 2.07. The van der Waals surface area contributed by atoms with Crippen molar-refractivity contribution in [3.05, 3.63) is 18.1 Å². The monoisotopic (exact) mass is 237 g/mol. The lowest BCUT2D eigenvalue weighted by molar-refractivity contribution is 0.0947. The minimum atomic E-state index is -0.187. The molecule has 2 N–H and O–H groups in total. The molecule has 6 nitrogen and oxygen atoms in total. The summed E-state index contributed by atoms with van der Waals surface area (Å²) in [6, 6.07) is 0. The molecule has 0 aliphatic rings. The summed E-state index contributed by atoms with van der Waals surface area (Å²) < 4.78 is 0. The van der Waals surface area contributed by atoms with Gasteiger partial charge in [0.05, 0.1) is 12.4 Å².